The summed E-state index contributed by atoms with van der Waals surface area (Å²) in [6.45, 7) is 3.68. The molecule has 0 aliphatic heterocycles. The van der Waals surface area contributed by atoms with E-state index in [1.54, 1.807) is 30.3 Å². The van der Waals surface area contributed by atoms with Gasteiger partial charge in [-0.2, -0.15) is 0 Å². The second kappa shape index (κ2) is 6.61. The maximum absolute atomic E-state index is 12.1. The van der Waals surface area contributed by atoms with E-state index in [9.17, 15) is 9.90 Å². The number of para-hydroxylation sites is 1. The third-order valence-corrected chi connectivity index (χ3v) is 2.93. The Balaban J connectivity index is 2.25. The number of esters is 1. The Morgan fingerprint density at radius 1 is 1.24 bits per heavy atom. The Bertz CT molecular complexity index is 662. The molecule has 0 unspecified atom stereocenters. The van der Waals surface area contributed by atoms with E-state index in [2.05, 4.69) is 6.58 Å². The second-order valence-electron chi connectivity index (χ2n) is 4.38. The van der Waals surface area contributed by atoms with Crippen molar-refractivity contribution >= 4 is 5.97 Å². The molecule has 2 aromatic carbocycles. The zero-order valence-electron chi connectivity index (χ0n) is 11.7. The molecule has 0 bridgehead atoms. The maximum Gasteiger partial charge on any atom is 0.347 e. The smallest absolute Gasteiger partial charge is 0.347 e. The Morgan fingerprint density at radius 3 is 2.67 bits per heavy atom. The van der Waals surface area contributed by atoms with Crippen molar-refractivity contribution < 1.29 is 19.4 Å². The Hall–Kier alpha value is -2.75. The Kier molecular flexibility index (Phi) is 4.61. The molecule has 2 aromatic rings. The molecule has 0 saturated carbocycles. The minimum Gasteiger partial charge on any atom is -0.507 e. The Labute approximate surface area is 123 Å². The van der Waals surface area contributed by atoms with Crippen molar-refractivity contribution in [2.75, 3.05) is 7.11 Å². The molecule has 0 fully saturated rings. The molecule has 0 radical (unpaired) electrons. The number of allylic oxidation sites excluding steroid dienone is 1. The minimum absolute atomic E-state index is 0.106. The molecule has 0 aliphatic rings. The summed E-state index contributed by atoms with van der Waals surface area (Å²) in [4.78, 5) is 12.1. The van der Waals surface area contributed by atoms with Crippen LogP contribution in [0.2, 0.25) is 0 Å². The zero-order chi connectivity index (χ0) is 15.2. The standard InChI is InChI=1S/C17H16O4/c1-3-6-12-9-10-15(16(11-12)20-2)21-17(19)13-7-4-5-8-14(13)18/h3-5,7-11,18H,1,6H2,2H3. The van der Waals surface area contributed by atoms with Gasteiger partial charge in [-0.15, -0.1) is 6.58 Å². The number of phenolic OH excluding ortho intramolecular Hbond substituents is 1. The van der Waals surface area contributed by atoms with E-state index in [0.29, 0.717) is 17.9 Å². The van der Waals surface area contributed by atoms with E-state index in [0.717, 1.165) is 5.56 Å². The number of hydrogen-bond donors (Lipinski definition) is 1. The van der Waals surface area contributed by atoms with E-state index in [1.165, 1.54) is 19.2 Å². The summed E-state index contributed by atoms with van der Waals surface area (Å²) in [7, 11) is 1.50. The number of rotatable bonds is 5. The van der Waals surface area contributed by atoms with Gasteiger partial charge in [-0.1, -0.05) is 24.3 Å². The fraction of sp³-hybridized carbons (Fsp3) is 0.118. The van der Waals surface area contributed by atoms with Crippen LogP contribution in [-0.2, 0) is 6.42 Å². The molecule has 0 aliphatic carbocycles. The predicted molar refractivity (Wildman–Crippen MR) is 80.0 cm³/mol. The van der Waals surface area contributed by atoms with Crippen LogP contribution in [0.5, 0.6) is 17.2 Å². The van der Waals surface area contributed by atoms with E-state index >= 15 is 0 Å². The Morgan fingerprint density at radius 2 is 2.00 bits per heavy atom. The lowest BCUT2D eigenvalue weighted by molar-refractivity contribution is 0.0726. The molecule has 1 N–H and O–H groups in total. The second-order valence-corrected chi connectivity index (χ2v) is 4.38. The third-order valence-electron chi connectivity index (χ3n) is 2.93. The summed E-state index contributed by atoms with van der Waals surface area (Å²) in [6.07, 6.45) is 2.48. The average Bonchev–Trinajstić information content (AvgIpc) is 2.49. The van der Waals surface area contributed by atoms with Gasteiger partial charge in [0.1, 0.15) is 11.3 Å². The lowest BCUT2D eigenvalue weighted by Gasteiger charge is -2.11. The zero-order valence-corrected chi connectivity index (χ0v) is 11.7. The van der Waals surface area contributed by atoms with Crippen molar-refractivity contribution in [2.24, 2.45) is 0 Å². The van der Waals surface area contributed by atoms with Crippen molar-refractivity contribution in [3.8, 4) is 17.2 Å². The lowest BCUT2D eigenvalue weighted by Crippen LogP contribution is -2.09. The van der Waals surface area contributed by atoms with Crippen LogP contribution in [0.1, 0.15) is 15.9 Å². The molecule has 0 saturated heterocycles. The van der Waals surface area contributed by atoms with Gasteiger partial charge in [0.2, 0.25) is 0 Å². The summed E-state index contributed by atoms with van der Waals surface area (Å²) >= 11 is 0. The monoisotopic (exact) mass is 284 g/mol. The van der Waals surface area contributed by atoms with E-state index < -0.39 is 5.97 Å². The van der Waals surface area contributed by atoms with Gasteiger partial charge in [0.25, 0.3) is 0 Å². The van der Waals surface area contributed by atoms with Crippen molar-refractivity contribution in [1.29, 1.82) is 0 Å². The normalized spacial score (nSPS) is 9.95. The van der Waals surface area contributed by atoms with Gasteiger partial charge < -0.3 is 14.6 Å². The molecule has 0 spiro atoms. The maximum atomic E-state index is 12.1. The first kappa shape index (κ1) is 14.7. The molecule has 108 valence electrons. The quantitative estimate of drug-likeness (QED) is 0.519. The van der Waals surface area contributed by atoms with Crippen LogP contribution >= 0.6 is 0 Å². The molecule has 0 aromatic heterocycles. The van der Waals surface area contributed by atoms with Crippen molar-refractivity contribution in [1.82, 2.24) is 0 Å². The highest BCUT2D eigenvalue weighted by Crippen LogP contribution is 2.30. The first-order valence-corrected chi connectivity index (χ1v) is 6.43. The summed E-state index contributed by atoms with van der Waals surface area (Å²) in [5, 5.41) is 9.66. The molecule has 0 atom stereocenters. The van der Waals surface area contributed by atoms with Crippen LogP contribution in [-0.4, -0.2) is 18.2 Å². The number of carbonyl (C=O) groups excluding carboxylic acids is 1. The first-order valence-electron chi connectivity index (χ1n) is 6.43. The molecule has 0 heterocycles. The van der Waals surface area contributed by atoms with Crippen LogP contribution < -0.4 is 9.47 Å². The number of ether oxygens (including phenoxy) is 2. The van der Waals surface area contributed by atoms with Crippen LogP contribution in [0.3, 0.4) is 0 Å². The number of carbonyl (C=O) groups is 1. The predicted octanol–water partition coefficient (Wildman–Crippen LogP) is 3.35. The highest BCUT2D eigenvalue weighted by atomic mass is 16.6. The summed E-state index contributed by atoms with van der Waals surface area (Å²) in [5.74, 6) is 0.00398. The van der Waals surface area contributed by atoms with Gasteiger partial charge in [-0.05, 0) is 36.2 Å². The number of methoxy groups -OCH3 is 1. The fourth-order valence-electron chi connectivity index (χ4n) is 1.89. The van der Waals surface area contributed by atoms with Gasteiger partial charge >= 0.3 is 5.97 Å². The van der Waals surface area contributed by atoms with Gasteiger partial charge in [-0.25, -0.2) is 4.79 Å². The average molecular weight is 284 g/mol. The van der Waals surface area contributed by atoms with Crippen molar-refractivity contribution in [3.63, 3.8) is 0 Å². The SMILES string of the molecule is C=CCc1ccc(OC(=O)c2ccccc2O)c(OC)c1. The topological polar surface area (TPSA) is 55.8 Å². The third kappa shape index (κ3) is 3.42. The summed E-state index contributed by atoms with van der Waals surface area (Å²) < 4.78 is 10.5. The van der Waals surface area contributed by atoms with Gasteiger partial charge in [0.15, 0.2) is 11.5 Å². The number of benzene rings is 2. The fourth-order valence-corrected chi connectivity index (χ4v) is 1.89. The first-order chi connectivity index (χ1) is 10.2. The summed E-state index contributed by atoms with van der Waals surface area (Å²) in [5.41, 5.74) is 1.11. The molecule has 2 rings (SSSR count). The van der Waals surface area contributed by atoms with E-state index in [4.69, 9.17) is 9.47 Å². The largest absolute Gasteiger partial charge is 0.507 e. The van der Waals surface area contributed by atoms with E-state index in [1.807, 2.05) is 6.07 Å². The van der Waals surface area contributed by atoms with Gasteiger partial charge in [0, 0.05) is 0 Å². The van der Waals surface area contributed by atoms with Crippen LogP contribution in [0.15, 0.2) is 55.1 Å². The molecular formula is C17H16O4. The highest BCUT2D eigenvalue weighted by molar-refractivity contribution is 5.94. The van der Waals surface area contributed by atoms with Gasteiger partial charge in [0.05, 0.1) is 7.11 Å². The molecule has 4 nitrogen and oxygen atoms in total. The molecular weight excluding hydrogens is 268 g/mol. The van der Waals surface area contributed by atoms with Crippen molar-refractivity contribution in [2.45, 2.75) is 6.42 Å². The number of aromatic hydroxyl groups is 1. The number of phenols is 1. The molecule has 0 amide bonds. The lowest BCUT2D eigenvalue weighted by atomic mass is 10.1. The van der Waals surface area contributed by atoms with Gasteiger partial charge in [-0.3, -0.25) is 0 Å². The van der Waals surface area contributed by atoms with Crippen LogP contribution in [0.4, 0.5) is 0 Å². The molecule has 4 heteroatoms. The van der Waals surface area contributed by atoms with Crippen LogP contribution in [0.25, 0.3) is 0 Å². The minimum atomic E-state index is -0.636. The number of hydrogen-bond acceptors (Lipinski definition) is 4. The highest BCUT2D eigenvalue weighted by Gasteiger charge is 2.15. The molecule has 21 heavy (non-hydrogen) atoms. The van der Waals surface area contributed by atoms with Crippen LogP contribution in [0, 0.1) is 0 Å². The van der Waals surface area contributed by atoms with Crippen molar-refractivity contribution in [3.05, 3.63) is 66.2 Å². The van der Waals surface area contributed by atoms with E-state index in [-0.39, 0.29) is 11.3 Å². The summed E-state index contributed by atoms with van der Waals surface area (Å²) in [6, 6.07) is 11.5.